The van der Waals surface area contributed by atoms with E-state index >= 15 is 0 Å². The van der Waals surface area contributed by atoms with Crippen LogP contribution in [0.1, 0.15) is 33.4 Å². The van der Waals surface area contributed by atoms with Crippen molar-refractivity contribution in [3.05, 3.63) is 52.8 Å². The van der Waals surface area contributed by atoms with Crippen molar-refractivity contribution < 1.29 is 23.6 Å². The molecule has 0 atom stereocenters. The Balaban J connectivity index is 1.65. The van der Waals surface area contributed by atoms with Gasteiger partial charge in [0, 0.05) is 12.1 Å². The molecule has 0 saturated carbocycles. The van der Waals surface area contributed by atoms with E-state index in [0.717, 1.165) is 0 Å². The molecule has 2 N–H and O–H groups in total. The third-order valence-corrected chi connectivity index (χ3v) is 4.63. The van der Waals surface area contributed by atoms with Gasteiger partial charge in [0.05, 0.1) is 11.1 Å². The first-order valence-electron chi connectivity index (χ1n) is 8.38. The van der Waals surface area contributed by atoms with Crippen molar-refractivity contribution in [3.63, 3.8) is 0 Å². The van der Waals surface area contributed by atoms with Gasteiger partial charge in [0.2, 0.25) is 0 Å². The van der Waals surface area contributed by atoms with Gasteiger partial charge in [-0.05, 0) is 49.5 Å². The maximum atomic E-state index is 12.4. The lowest BCUT2D eigenvalue weighted by molar-refractivity contribution is -0.123. The highest BCUT2D eigenvalue weighted by atomic mass is 32.1. The summed E-state index contributed by atoms with van der Waals surface area (Å²) in [7, 11) is 0. The first-order chi connectivity index (χ1) is 13.4. The number of imide groups is 1. The fourth-order valence-electron chi connectivity index (χ4n) is 3.07. The van der Waals surface area contributed by atoms with Gasteiger partial charge in [-0.3, -0.25) is 34.7 Å². The van der Waals surface area contributed by atoms with Gasteiger partial charge < -0.3 is 4.42 Å². The number of furan rings is 1. The van der Waals surface area contributed by atoms with Crippen LogP contribution in [0.25, 0.3) is 17.4 Å². The Morgan fingerprint density at radius 2 is 1.68 bits per heavy atom. The van der Waals surface area contributed by atoms with Crippen LogP contribution in [0.4, 0.5) is 0 Å². The van der Waals surface area contributed by atoms with E-state index in [1.165, 1.54) is 11.0 Å². The molecule has 8 nitrogen and oxygen atoms in total. The van der Waals surface area contributed by atoms with E-state index in [0.29, 0.717) is 29.0 Å². The normalized spacial score (nSPS) is 16.2. The summed E-state index contributed by atoms with van der Waals surface area (Å²) in [5.74, 6) is -1.19. The number of carbonyl (C=O) groups is 4. The Labute approximate surface area is 164 Å². The molecule has 1 fully saturated rings. The largest absolute Gasteiger partial charge is 0.457 e. The second-order valence-electron chi connectivity index (χ2n) is 6.11. The molecule has 0 bridgehead atoms. The van der Waals surface area contributed by atoms with Gasteiger partial charge >= 0.3 is 0 Å². The predicted octanol–water partition coefficient (Wildman–Crippen LogP) is 1.48. The summed E-state index contributed by atoms with van der Waals surface area (Å²) in [6.45, 7) is 2.03. The number of nitrogens with one attached hydrogen (secondary N) is 2. The molecule has 3 heterocycles. The Morgan fingerprint density at radius 1 is 1.00 bits per heavy atom. The van der Waals surface area contributed by atoms with Gasteiger partial charge in [-0.1, -0.05) is 6.07 Å². The summed E-state index contributed by atoms with van der Waals surface area (Å²) in [4.78, 5) is 49.5. The summed E-state index contributed by atoms with van der Waals surface area (Å²) < 4.78 is 5.69. The maximum Gasteiger partial charge on any atom is 0.263 e. The SMILES string of the molecule is CCN1C(=O)c2ccc(-c3ccc(C=C4C(=O)NC(=S)NC4=O)o3)cc2C1=O. The van der Waals surface area contributed by atoms with Crippen LogP contribution < -0.4 is 10.6 Å². The Kier molecular flexibility index (Phi) is 4.16. The predicted molar refractivity (Wildman–Crippen MR) is 102 cm³/mol. The average Bonchev–Trinajstić information content (AvgIpc) is 3.21. The first kappa shape index (κ1) is 17.8. The van der Waals surface area contributed by atoms with Gasteiger partial charge in [-0.2, -0.15) is 0 Å². The highest BCUT2D eigenvalue weighted by molar-refractivity contribution is 7.80. The lowest BCUT2D eigenvalue weighted by atomic mass is 10.0. The van der Waals surface area contributed by atoms with E-state index in [4.69, 9.17) is 16.6 Å². The lowest BCUT2D eigenvalue weighted by Crippen LogP contribution is -2.51. The number of nitrogens with zero attached hydrogens (tertiary/aromatic N) is 1. The zero-order valence-corrected chi connectivity index (χ0v) is 15.4. The van der Waals surface area contributed by atoms with Gasteiger partial charge in [0.15, 0.2) is 5.11 Å². The lowest BCUT2D eigenvalue weighted by Gasteiger charge is -2.15. The number of rotatable bonds is 3. The van der Waals surface area contributed by atoms with Crippen LogP contribution in [0, 0.1) is 0 Å². The molecule has 2 aliphatic rings. The Morgan fingerprint density at radius 3 is 2.36 bits per heavy atom. The minimum atomic E-state index is -0.618. The second-order valence-corrected chi connectivity index (χ2v) is 6.52. The summed E-state index contributed by atoms with van der Waals surface area (Å²) in [5.41, 5.74) is 1.14. The molecule has 4 amide bonds. The smallest absolute Gasteiger partial charge is 0.263 e. The van der Waals surface area contributed by atoms with E-state index in [9.17, 15) is 19.2 Å². The molecule has 1 saturated heterocycles. The highest BCUT2D eigenvalue weighted by Crippen LogP contribution is 2.30. The molecule has 1 aromatic carbocycles. The number of hydrogen-bond donors (Lipinski definition) is 2. The van der Waals surface area contributed by atoms with Gasteiger partial charge in [0.25, 0.3) is 23.6 Å². The molecular formula is C19H13N3O5S. The van der Waals surface area contributed by atoms with E-state index < -0.39 is 11.8 Å². The molecule has 0 aliphatic carbocycles. The number of hydrogen-bond acceptors (Lipinski definition) is 6. The minimum Gasteiger partial charge on any atom is -0.457 e. The van der Waals surface area contributed by atoms with Crippen molar-refractivity contribution in [2.24, 2.45) is 0 Å². The van der Waals surface area contributed by atoms with Crippen LogP contribution in [0.2, 0.25) is 0 Å². The number of thiocarbonyl (C=S) groups is 1. The van der Waals surface area contributed by atoms with Crippen LogP contribution in [0.15, 0.2) is 40.3 Å². The molecule has 28 heavy (non-hydrogen) atoms. The zero-order valence-electron chi connectivity index (χ0n) is 14.6. The van der Waals surface area contributed by atoms with Crippen molar-refractivity contribution in [2.75, 3.05) is 6.54 Å². The number of carbonyl (C=O) groups excluding carboxylic acids is 4. The summed E-state index contributed by atoms with van der Waals surface area (Å²) in [6, 6.07) is 8.10. The van der Waals surface area contributed by atoms with E-state index in [1.807, 2.05) is 0 Å². The summed E-state index contributed by atoms with van der Waals surface area (Å²) in [6.07, 6.45) is 1.30. The number of fused-ring (bicyclic) bond motifs is 1. The maximum absolute atomic E-state index is 12.4. The average molecular weight is 395 g/mol. The molecule has 0 spiro atoms. The van der Waals surface area contributed by atoms with Gasteiger partial charge in [-0.25, -0.2) is 0 Å². The molecule has 4 rings (SSSR count). The fraction of sp³-hybridized carbons (Fsp3) is 0.105. The highest BCUT2D eigenvalue weighted by Gasteiger charge is 2.34. The van der Waals surface area contributed by atoms with Crippen LogP contribution >= 0.6 is 12.2 Å². The Hall–Kier alpha value is -3.59. The minimum absolute atomic E-state index is 0.0502. The quantitative estimate of drug-likeness (QED) is 0.353. The van der Waals surface area contributed by atoms with Crippen molar-refractivity contribution in [1.29, 1.82) is 0 Å². The van der Waals surface area contributed by atoms with Crippen molar-refractivity contribution in [1.82, 2.24) is 15.5 Å². The molecule has 1 aromatic heterocycles. The van der Waals surface area contributed by atoms with Crippen molar-refractivity contribution in [2.45, 2.75) is 6.92 Å². The van der Waals surface area contributed by atoms with Crippen LogP contribution in [0.3, 0.4) is 0 Å². The van der Waals surface area contributed by atoms with Crippen molar-refractivity contribution in [3.8, 4) is 11.3 Å². The van der Waals surface area contributed by atoms with E-state index in [-0.39, 0.29) is 28.3 Å². The van der Waals surface area contributed by atoms with Crippen LogP contribution in [-0.2, 0) is 9.59 Å². The molecule has 2 aromatic rings. The van der Waals surface area contributed by atoms with Gasteiger partial charge in [0.1, 0.15) is 17.1 Å². The molecule has 0 radical (unpaired) electrons. The molecule has 2 aliphatic heterocycles. The number of benzene rings is 1. The van der Waals surface area contributed by atoms with E-state index in [1.54, 1.807) is 37.3 Å². The standard InChI is InChI=1S/C19H13N3O5S/c1-2-22-17(25)11-5-3-9(7-12(11)18(22)26)14-6-4-10(27-14)8-13-15(23)20-19(28)21-16(13)24/h3-8H,2H2,1H3,(H2,20,21,23,24,28). The van der Waals surface area contributed by atoms with Gasteiger partial charge in [-0.15, -0.1) is 0 Å². The van der Waals surface area contributed by atoms with Crippen LogP contribution in [-0.4, -0.2) is 40.2 Å². The molecule has 0 unspecified atom stereocenters. The fourth-order valence-corrected chi connectivity index (χ4v) is 3.25. The zero-order chi connectivity index (χ0) is 20.0. The molecule has 140 valence electrons. The molecule has 9 heteroatoms. The topological polar surface area (TPSA) is 109 Å². The molecular weight excluding hydrogens is 382 g/mol. The van der Waals surface area contributed by atoms with Crippen LogP contribution in [0.5, 0.6) is 0 Å². The summed E-state index contributed by atoms with van der Waals surface area (Å²) in [5, 5.41) is 4.63. The second kappa shape index (κ2) is 6.54. The Bertz CT molecular complexity index is 1090. The van der Waals surface area contributed by atoms with Crippen molar-refractivity contribution >= 4 is 47.0 Å². The summed E-state index contributed by atoms with van der Waals surface area (Å²) >= 11 is 4.75. The van der Waals surface area contributed by atoms with E-state index in [2.05, 4.69) is 10.6 Å². The third-order valence-electron chi connectivity index (χ3n) is 4.43. The first-order valence-corrected chi connectivity index (χ1v) is 8.78. The third kappa shape index (κ3) is 2.81. The monoisotopic (exact) mass is 395 g/mol. The number of amides is 4.